The number of sulfonamides is 1. The van der Waals surface area contributed by atoms with Crippen molar-refractivity contribution in [3.8, 4) is 11.5 Å². The fourth-order valence-electron chi connectivity index (χ4n) is 3.14. The molecule has 3 aromatic carbocycles. The van der Waals surface area contributed by atoms with E-state index in [1.165, 1.54) is 32.4 Å². The van der Waals surface area contributed by atoms with Crippen molar-refractivity contribution in [1.82, 2.24) is 4.72 Å². The molecular formula is C23H21Cl3N2O5S. The highest BCUT2D eigenvalue weighted by molar-refractivity contribution is 7.89. The molecular weight excluding hydrogens is 523 g/mol. The summed E-state index contributed by atoms with van der Waals surface area (Å²) in [5.74, 6) is 0.0600. The number of hydrogen-bond acceptors (Lipinski definition) is 5. The Kier molecular flexibility index (Phi) is 8.67. The van der Waals surface area contributed by atoms with E-state index in [0.29, 0.717) is 44.1 Å². The predicted molar refractivity (Wildman–Crippen MR) is 134 cm³/mol. The quantitative estimate of drug-likeness (QED) is 0.388. The smallest absolute Gasteiger partial charge is 0.241 e. The van der Waals surface area contributed by atoms with Crippen LogP contribution < -0.4 is 19.5 Å². The van der Waals surface area contributed by atoms with Crippen molar-refractivity contribution in [2.45, 2.75) is 11.3 Å². The maximum Gasteiger partial charge on any atom is 0.241 e. The Hall–Kier alpha value is -2.49. The molecule has 7 nitrogen and oxygen atoms in total. The molecule has 0 atom stereocenters. The predicted octanol–water partition coefficient (Wildman–Crippen LogP) is 5.17. The summed E-state index contributed by atoms with van der Waals surface area (Å²) in [7, 11) is -1.14. The Morgan fingerprint density at radius 3 is 2.24 bits per heavy atom. The zero-order valence-corrected chi connectivity index (χ0v) is 21.3. The molecule has 0 radical (unpaired) electrons. The summed E-state index contributed by atoms with van der Waals surface area (Å²) in [6.07, 6.45) is 0.312. The van der Waals surface area contributed by atoms with E-state index in [1.807, 2.05) is 0 Å². The second kappa shape index (κ2) is 11.3. The van der Waals surface area contributed by atoms with E-state index in [2.05, 4.69) is 10.0 Å². The lowest BCUT2D eigenvalue weighted by molar-refractivity contribution is -0.115. The lowest BCUT2D eigenvalue weighted by Crippen LogP contribution is -2.33. The van der Waals surface area contributed by atoms with E-state index in [-0.39, 0.29) is 10.6 Å². The summed E-state index contributed by atoms with van der Waals surface area (Å²) in [4.78, 5) is 12.5. The first-order valence-corrected chi connectivity index (χ1v) is 12.5. The molecule has 1 amide bonds. The first-order chi connectivity index (χ1) is 16.1. The maximum atomic E-state index is 12.7. The number of ether oxygens (including phenoxy) is 2. The normalized spacial score (nSPS) is 11.2. The highest BCUT2D eigenvalue weighted by Gasteiger charge is 2.19. The van der Waals surface area contributed by atoms with Crippen LogP contribution in [-0.4, -0.2) is 35.1 Å². The number of carbonyl (C=O) groups is 1. The fraction of sp³-hybridized carbons (Fsp3) is 0.174. The van der Waals surface area contributed by atoms with Gasteiger partial charge in [0, 0.05) is 33.2 Å². The topological polar surface area (TPSA) is 93.7 Å². The van der Waals surface area contributed by atoms with Gasteiger partial charge in [-0.1, -0.05) is 40.9 Å². The number of methoxy groups -OCH3 is 2. The molecule has 3 aromatic rings. The van der Waals surface area contributed by atoms with Gasteiger partial charge in [-0.25, -0.2) is 13.1 Å². The first kappa shape index (κ1) is 26.1. The van der Waals surface area contributed by atoms with Crippen LogP contribution >= 0.6 is 34.8 Å². The molecule has 0 aromatic heterocycles. The number of halogens is 3. The molecule has 0 saturated heterocycles. The third-order valence-corrected chi connectivity index (χ3v) is 7.20. The minimum atomic E-state index is -3.98. The van der Waals surface area contributed by atoms with Crippen LogP contribution in [0.3, 0.4) is 0 Å². The Labute approximate surface area is 213 Å². The Balaban J connectivity index is 1.74. The molecule has 0 fully saturated rings. The van der Waals surface area contributed by atoms with Gasteiger partial charge in [-0.3, -0.25) is 4.79 Å². The summed E-state index contributed by atoms with van der Waals surface area (Å²) in [5, 5.41) is 4.13. The van der Waals surface area contributed by atoms with E-state index in [1.54, 1.807) is 36.4 Å². The summed E-state index contributed by atoms with van der Waals surface area (Å²) >= 11 is 18.7. The first-order valence-electron chi connectivity index (χ1n) is 9.87. The van der Waals surface area contributed by atoms with Crippen molar-refractivity contribution in [2.24, 2.45) is 0 Å². The van der Waals surface area contributed by atoms with Crippen molar-refractivity contribution in [3.63, 3.8) is 0 Å². The average Bonchev–Trinajstić information content (AvgIpc) is 2.81. The minimum Gasteiger partial charge on any atom is -0.493 e. The van der Waals surface area contributed by atoms with E-state index >= 15 is 0 Å². The molecule has 180 valence electrons. The second-order valence-electron chi connectivity index (χ2n) is 7.07. The number of anilines is 1. The maximum absolute atomic E-state index is 12.7. The van der Waals surface area contributed by atoms with Crippen LogP contribution in [0.5, 0.6) is 11.5 Å². The number of carbonyl (C=O) groups excluding carboxylic acids is 1. The van der Waals surface area contributed by atoms with Gasteiger partial charge in [0.25, 0.3) is 0 Å². The lowest BCUT2D eigenvalue weighted by Gasteiger charge is -2.14. The van der Waals surface area contributed by atoms with Crippen LogP contribution in [0.4, 0.5) is 5.69 Å². The van der Waals surface area contributed by atoms with Gasteiger partial charge in [0.05, 0.1) is 25.7 Å². The molecule has 34 heavy (non-hydrogen) atoms. The van der Waals surface area contributed by atoms with Crippen LogP contribution in [0.15, 0.2) is 59.5 Å². The van der Waals surface area contributed by atoms with Crippen molar-refractivity contribution in [3.05, 3.63) is 80.8 Å². The molecule has 3 rings (SSSR count). The summed E-state index contributed by atoms with van der Waals surface area (Å²) in [6.45, 7) is -0.494. The summed E-state index contributed by atoms with van der Waals surface area (Å²) in [5.41, 5.74) is 1.80. The van der Waals surface area contributed by atoms with Crippen LogP contribution in [0.2, 0.25) is 15.1 Å². The lowest BCUT2D eigenvalue weighted by atomic mass is 10.0. The van der Waals surface area contributed by atoms with Crippen LogP contribution in [0.1, 0.15) is 11.1 Å². The van der Waals surface area contributed by atoms with E-state index in [9.17, 15) is 13.2 Å². The van der Waals surface area contributed by atoms with Crippen LogP contribution in [-0.2, 0) is 21.2 Å². The molecule has 0 heterocycles. The van der Waals surface area contributed by atoms with Gasteiger partial charge in [0.15, 0.2) is 11.5 Å². The zero-order chi connectivity index (χ0) is 24.9. The molecule has 0 spiro atoms. The largest absolute Gasteiger partial charge is 0.493 e. The van der Waals surface area contributed by atoms with Gasteiger partial charge < -0.3 is 14.8 Å². The number of hydrogen-bond donors (Lipinski definition) is 2. The Morgan fingerprint density at radius 1 is 0.912 bits per heavy atom. The molecule has 0 aliphatic rings. The number of benzene rings is 3. The summed E-state index contributed by atoms with van der Waals surface area (Å²) < 4.78 is 37.8. The van der Waals surface area contributed by atoms with Gasteiger partial charge >= 0.3 is 0 Å². The summed E-state index contributed by atoms with van der Waals surface area (Å²) in [6, 6.07) is 14.2. The molecule has 0 saturated carbocycles. The third kappa shape index (κ3) is 6.34. The van der Waals surface area contributed by atoms with Crippen LogP contribution in [0, 0.1) is 0 Å². The molecule has 2 N–H and O–H groups in total. The molecule has 0 aliphatic heterocycles. The SMILES string of the molecule is COc1ccc(S(=O)(=O)NCC(=O)Nc2ccc(Cl)cc2Cc2c(Cl)cccc2Cl)cc1OC. The van der Waals surface area contributed by atoms with E-state index < -0.39 is 22.5 Å². The van der Waals surface area contributed by atoms with Crippen molar-refractivity contribution < 1.29 is 22.7 Å². The highest BCUT2D eigenvalue weighted by Crippen LogP contribution is 2.31. The number of amides is 1. The Morgan fingerprint density at radius 2 is 1.59 bits per heavy atom. The van der Waals surface area contributed by atoms with Gasteiger partial charge in [-0.15, -0.1) is 0 Å². The number of nitrogens with one attached hydrogen (secondary N) is 2. The fourth-order valence-corrected chi connectivity index (χ4v) is 4.87. The van der Waals surface area contributed by atoms with E-state index in [0.717, 1.165) is 0 Å². The second-order valence-corrected chi connectivity index (χ2v) is 10.1. The molecule has 0 aliphatic carbocycles. The Bertz CT molecular complexity index is 1300. The zero-order valence-electron chi connectivity index (χ0n) is 18.2. The minimum absolute atomic E-state index is 0.0708. The van der Waals surface area contributed by atoms with Crippen molar-refractivity contribution in [2.75, 3.05) is 26.1 Å². The average molecular weight is 544 g/mol. The standard InChI is InChI=1S/C23H21Cl3N2O5S/c1-32-21-9-7-16(12-22(21)33-2)34(30,31)27-13-23(29)28-20-8-6-15(24)10-14(20)11-17-18(25)4-3-5-19(17)26/h3-10,12,27H,11,13H2,1-2H3,(H,28,29). The van der Waals surface area contributed by atoms with Crippen molar-refractivity contribution >= 4 is 56.4 Å². The van der Waals surface area contributed by atoms with Gasteiger partial charge in [-0.2, -0.15) is 0 Å². The van der Waals surface area contributed by atoms with Gasteiger partial charge in [0.2, 0.25) is 15.9 Å². The van der Waals surface area contributed by atoms with Gasteiger partial charge in [-0.05, 0) is 53.6 Å². The monoisotopic (exact) mass is 542 g/mol. The van der Waals surface area contributed by atoms with E-state index in [4.69, 9.17) is 44.3 Å². The van der Waals surface area contributed by atoms with Crippen LogP contribution in [0.25, 0.3) is 0 Å². The van der Waals surface area contributed by atoms with Gasteiger partial charge in [0.1, 0.15) is 0 Å². The molecule has 0 unspecified atom stereocenters. The number of rotatable bonds is 9. The molecule has 11 heteroatoms. The highest BCUT2D eigenvalue weighted by atomic mass is 35.5. The third-order valence-electron chi connectivity index (χ3n) is 4.86. The molecule has 0 bridgehead atoms. The van der Waals surface area contributed by atoms with Crippen molar-refractivity contribution in [1.29, 1.82) is 0 Å².